The first-order valence-corrected chi connectivity index (χ1v) is 12.5. The molecule has 5 nitrogen and oxygen atoms in total. The average molecular weight is 447 g/mol. The lowest BCUT2D eigenvalue weighted by molar-refractivity contribution is -0.127. The van der Waals surface area contributed by atoms with E-state index in [2.05, 4.69) is 17.4 Å². The fourth-order valence-electron chi connectivity index (χ4n) is 4.49. The van der Waals surface area contributed by atoms with Crippen LogP contribution < -0.4 is 5.32 Å². The van der Waals surface area contributed by atoms with Crippen LogP contribution in [0.4, 0.5) is 0 Å². The van der Waals surface area contributed by atoms with Gasteiger partial charge in [-0.3, -0.25) is 4.79 Å². The Kier molecular flexibility index (Phi) is 6.46. The van der Waals surface area contributed by atoms with Crippen molar-refractivity contribution in [2.24, 2.45) is 5.92 Å². The van der Waals surface area contributed by atoms with Gasteiger partial charge in [-0.25, -0.2) is 12.7 Å². The van der Waals surface area contributed by atoms with Gasteiger partial charge >= 0.3 is 0 Å². The lowest BCUT2D eigenvalue weighted by Crippen LogP contribution is -2.46. The highest BCUT2D eigenvalue weighted by atomic mass is 35.5. The Hall–Kier alpha value is -1.89. The highest BCUT2D eigenvalue weighted by molar-refractivity contribution is 7.88. The molecule has 4 rings (SSSR count). The normalized spacial score (nSPS) is 22.3. The molecule has 0 radical (unpaired) electrons. The second kappa shape index (κ2) is 9.08. The summed E-state index contributed by atoms with van der Waals surface area (Å²) in [6.07, 6.45) is 4.43. The van der Waals surface area contributed by atoms with E-state index < -0.39 is 10.0 Å². The quantitative estimate of drug-likeness (QED) is 0.752. The Bertz CT molecular complexity index is 1010. The predicted octanol–water partition coefficient (Wildman–Crippen LogP) is 4.08. The van der Waals surface area contributed by atoms with E-state index in [0.717, 1.165) is 19.3 Å². The van der Waals surface area contributed by atoms with E-state index in [4.69, 9.17) is 11.6 Å². The summed E-state index contributed by atoms with van der Waals surface area (Å²) in [5, 5.41) is 3.78. The minimum atomic E-state index is -3.49. The summed E-state index contributed by atoms with van der Waals surface area (Å²) in [6.45, 7) is 0.710. The first-order valence-electron chi connectivity index (χ1n) is 10.5. The van der Waals surface area contributed by atoms with Gasteiger partial charge in [0.05, 0.1) is 17.7 Å². The molecule has 1 heterocycles. The number of carbonyl (C=O) groups is 1. The summed E-state index contributed by atoms with van der Waals surface area (Å²) in [4.78, 5) is 13.0. The van der Waals surface area contributed by atoms with Gasteiger partial charge in [0.2, 0.25) is 15.9 Å². The van der Waals surface area contributed by atoms with E-state index in [1.165, 1.54) is 15.4 Å². The fourth-order valence-corrected chi connectivity index (χ4v) is 6.22. The zero-order valence-corrected chi connectivity index (χ0v) is 18.5. The standard InChI is InChI=1S/C23H27ClN2O3S/c24-20-12-10-17(11-13-20)16-30(28,29)26-14-4-7-19(15-26)23(27)25-22-9-3-6-18-5-1-2-8-21(18)22/h1-2,5,8,10-13,19,22H,3-4,6-7,9,14-16H2,(H,25,27)/t19-,22+/m0/s1. The van der Waals surface area contributed by atoms with Crippen molar-refractivity contribution in [2.75, 3.05) is 13.1 Å². The molecule has 30 heavy (non-hydrogen) atoms. The third-order valence-corrected chi connectivity index (χ3v) is 8.17. The van der Waals surface area contributed by atoms with Crippen molar-refractivity contribution in [3.63, 3.8) is 0 Å². The second-order valence-corrected chi connectivity index (χ2v) is 10.6. The Morgan fingerprint density at radius 2 is 1.83 bits per heavy atom. The predicted molar refractivity (Wildman–Crippen MR) is 119 cm³/mol. The van der Waals surface area contributed by atoms with Crippen LogP contribution in [0, 0.1) is 5.92 Å². The summed E-state index contributed by atoms with van der Waals surface area (Å²) >= 11 is 5.89. The molecule has 1 aliphatic heterocycles. The lowest BCUT2D eigenvalue weighted by Gasteiger charge is -2.33. The van der Waals surface area contributed by atoms with Crippen molar-refractivity contribution >= 4 is 27.5 Å². The van der Waals surface area contributed by atoms with Gasteiger partial charge in [-0.1, -0.05) is 48.0 Å². The molecule has 2 aromatic rings. The molecule has 160 valence electrons. The number of carbonyl (C=O) groups excluding carboxylic acids is 1. The molecule has 0 bridgehead atoms. The highest BCUT2D eigenvalue weighted by Gasteiger charge is 2.33. The monoisotopic (exact) mass is 446 g/mol. The Morgan fingerprint density at radius 3 is 2.63 bits per heavy atom. The van der Waals surface area contributed by atoms with Crippen LogP contribution in [0.25, 0.3) is 0 Å². The smallest absolute Gasteiger partial charge is 0.224 e. The molecule has 1 N–H and O–H groups in total. The van der Waals surface area contributed by atoms with Crippen molar-refractivity contribution in [2.45, 2.75) is 43.9 Å². The van der Waals surface area contributed by atoms with Gasteiger partial charge in [0.1, 0.15) is 0 Å². The zero-order chi connectivity index (χ0) is 21.1. The van der Waals surface area contributed by atoms with Gasteiger partial charge in [0.25, 0.3) is 0 Å². The summed E-state index contributed by atoms with van der Waals surface area (Å²) in [6, 6.07) is 15.1. The maximum atomic E-state index is 13.0. The van der Waals surface area contributed by atoms with Crippen molar-refractivity contribution in [3.05, 3.63) is 70.2 Å². The first-order chi connectivity index (χ1) is 14.4. The van der Waals surface area contributed by atoms with Gasteiger partial charge in [-0.15, -0.1) is 0 Å². The molecule has 0 unspecified atom stereocenters. The van der Waals surface area contributed by atoms with Crippen LogP contribution in [0.5, 0.6) is 0 Å². The Morgan fingerprint density at radius 1 is 1.07 bits per heavy atom. The number of aryl methyl sites for hydroxylation is 1. The van der Waals surface area contributed by atoms with Gasteiger partial charge in [-0.2, -0.15) is 0 Å². The SMILES string of the molecule is O=C(N[C@@H]1CCCc2ccccc21)[C@H]1CCCN(S(=O)(=O)Cc2ccc(Cl)cc2)C1. The molecule has 7 heteroatoms. The van der Waals surface area contributed by atoms with Gasteiger partial charge < -0.3 is 5.32 Å². The maximum Gasteiger partial charge on any atom is 0.224 e. The summed E-state index contributed by atoms with van der Waals surface area (Å²) in [5.74, 6) is -0.426. The van der Waals surface area contributed by atoms with E-state index in [1.807, 2.05) is 12.1 Å². The molecular weight excluding hydrogens is 420 g/mol. The number of nitrogens with zero attached hydrogens (tertiary/aromatic N) is 1. The van der Waals surface area contributed by atoms with E-state index in [0.29, 0.717) is 30.0 Å². The molecular formula is C23H27ClN2O3S. The number of piperidine rings is 1. The van der Waals surface area contributed by atoms with Crippen LogP contribution in [0.3, 0.4) is 0 Å². The van der Waals surface area contributed by atoms with Crippen LogP contribution in [0.1, 0.15) is 48.4 Å². The van der Waals surface area contributed by atoms with Crippen LogP contribution in [-0.2, 0) is 27.0 Å². The summed E-state index contributed by atoms with van der Waals surface area (Å²) < 4.78 is 27.3. The molecule has 2 atom stereocenters. The van der Waals surface area contributed by atoms with Crippen LogP contribution in [0.2, 0.25) is 5.02 Å². The van der Waals surface area contributed by atoms with Crippen molar-refractivity contribution in [3.8, 4) is 0 Å². The van der Waals surface area contributed by atoms with E-state index in [9.17, 15) is 13.2 Å². The molecule has 2 aliphatic rings. The van der Waals surface area contributed by atoms with Crippen molar-refractivity contribution in [1.29, 1.82) is 0 Å². The second-order valence-electron chi connectivity index (χ2n) is 8.23. The number of benzene rings is 2. The van der Waals surface area contributed by atoms with Gasteiger partial charge in [0.15, 0.2) is 0 Å². The summed E-state index contributed by atoms with van der Waals surface area (Å²) in [7, 11) is -3.49. The number of nitrogens with one attached hydrogen (secondary N) is 1. The number of hydrogen-bond acceptors (Lipinski definition) is 3. The molecule has 1 saturated heterocycles. The molecule has 2 aromatic carbocycles. The molecule has 0 spiro atoms. The van der Waals surface area contributed by atoms with E-state index >= 15 is 0 Å². The third kappa shape index (κ3) is 4.88. The number of amides is 1. The van der Waals surface area contributed by atoms with Gasteiger partial charge in [0, 0.05) is 18.1 Å². The summed E-state index contributed by atoms with van der Waals surface area (Å²) in [5.41, 5.74) is 3.19. The van der Waals surface area contributed by atoms with Crippen LogP contribution in [-0.4, -0.2) is 31.7 Å². The number of fused-ring (bicyclic) bond motifs is 1. The molecule has 1 fully saturated rings. The van der Waals surface area contributed by atoms with E-state index in [-0.39, 0.29) is 30.2 Å². The number of rotatable bonds is 5. The van der Waals surface area contributed by atoms with E-state index in [1.54, 1.807) is 24.3 Å². The minimum Gasteiger partial charge on any atom is -0.349 e. The Labute approximate surface area is 183 Å². The highest BCUT2D eigenvalue weighted by Crippen LogP contribution is 2.30. The van der Waals surface area contributed by atoms with Crippen LogP contribution >= 0.6 is 11.6 Å². The molecule has 0 aromatic heterocycles. The van der Waals surface area contributed by atoms with Gasteiger partial charge in [-0.05, 0) is 60.9 Å². The number of halogens is 1. The third-order valence-electron chi connectivity index (χ3n) is 6.10. The largest absolute Gasteiger partial charge is 0.349 e. The zero-order valence-electron chi connectivity index (χ0n) is 16.9. The lowest BCUT2D eigenvalue weighted by atomic mass is 9.87. The maximum absolute atomic E-state index is 13.0. The first kappa shape index (κ1) is 21.3. The van der Waals surface area contributed by atoms with Crippen molar-refractivity contribution in [1.82, 2.24) is 9.62 Å². The molecule has 1 amide bonds. The number of hydrogen-bond donors (Lipinski definition) is 1. The van der Waals surface area contributed by atoms with Crippen molar-refractivity contribution < 1.29 is 13.2 Å². The number of sulfonamides is 1. The average Bonchev–Trinajstić information content (AvgIpc) is 2.75. The molecule has 1 aliphatic carbocycles. The Balaban J connectivity index is 1.41. The topological polar surface area (TPSA) is 66.5 Å². The van der Waals surface area contributed by atoms with Crippen LogP contribution in [0.15, 0.2) is 48.5 Å². The fraction of sp³-hybridized carbons (Fsp3) is 0.435. The minimum absolute atomic E-state index is 0.0171. The molecule has 0 saturated carbocycles.